The Morgan fingerprint density at radius 2 is 1.62 bits per heavy atom. The zero-order valence-corrected chi connectivity index (χ0v) is 9.49. The average molecular weight is 217 g/mol. The number of hydrogen-bond donors (Lipinski definition) is 0. The maximum Gasteiger partial charge on any atom is 0.0474 e. The first-order chi connectivity index (χ1) is 6.10. The predicted molar refractivity (Wildman–Crippen MR) is 59.7 cm³/mol. The van der Waals surface area contributed by atoms with Gasteiger partial charge in [0.25, 0.3) is 0 Å². The third-order valence-corrected chi connectivity index (χ3v) is 3.20. The van der Waals surface area contributed by atoms with Crippen molar-refractivity contribution in [3.63, 3.8) is 0 Å². The Morgan fingerprint density at radius 3 is 2.00 bits per heavy atom. The van der Waals surface area contributed by atoms with Gasteiger partial charge < -0.3 is 0 Å². The molecule has 0 N–H and O–H groups in total. The first-order valence-electron chi connectivity index (χ1n) is 4.31. The molecule has 0 aliphatic rings. The molecule has 0 fully saturated rings. The van der Waals surface area contributed by atoms with E-state index in [0.717, 1.165) is 5.56 Å². The van der Waals surface area contributed by atoms with Crippen LogP contribution >= 0.6 is 23.2 Å². The second kappa shape index (κ2) is 4.34. The molecule has 13 heavy (non-hydrogen) atoms. The van der Waals surface area contributed by atoms with Gasteiger partial charge in [0.05, 0.1) is 0 Å². The predicted octanol–water partition coefficient (Wildman–Crippen LogP) is 3.94. The first-order valence-corrected chi connectivity index (χ1v) is 5.38. The molecule has 0 aromatic heterocycles. The minimum atomic E-state index is 0.0480. The average Bonchev–Trinajstić information content (AvgIpc) is 2.18. The van der Waals surface area contributed by atoms with Crippen LogP contribution in [-0.2, 0) is 11.3 Å². The Balaban J connectivity index is 2.92. The number of halogens is 2. The Labute approximate surface area is 89.9 Å². The van der Waals surface area contributed by atoms with E-state index in [-0.39, 0.29) is 5.41 Å². The molecule has 72 valence electrons. The van der Waals surface area contributed by atoms with Crippen molar-refractivity contribution in [2.45, 2.75) is 25.1 Å². The van der Waals surface area contributed by atoms with Gasteiger partial charge >= 0.3 is 0 Å². The van der Waals surface area contributed by atoms with Gasteiger partial charge in [0, 0.05) is 17.2 Å². The number of hydrogen-bond acceptors (Lipinski definition) is 0. The maximum absolute atomic E-state index is 5.88. The molecule has 0 nitrogen and oxygen atoms in total. The molecule has 1 aromatic rings. The smallest absolute Gasteiger partial charge is 0.0474 e. The van der Waals surface area contributed by atoms with Crippen molar-refractivity contribution in [2.24, 2.45) is 0 Å². The summed E-state index contributed by atoms with van der Waals surface area (Å²) in [6.45, 7) is 4.27. The fourth-order valence-electron chi connectivity index (χ4n) is 1.12. The Kier molecular flexibility index (Phi) is 3.63. The molecule has 0 radical (unpaired) electrons. The highest BCUT2D eigenvalue weighted by Gasteiger charge is 2.18. The van der Waals surface area contributed by atoms with Crippen molar-refractivity contribution in [3.05, 3.63) is 35.4 Å². The van der Waals surface area contributed by atoms with Gasteiger partial charge in [-0.1, -0.05) is 38.1 Å². The second-order valence-corrected chi connectivity index (χ2v) is 4.38. The van der Waals surface area contributed by atoms with E-state index in [4.69, 9.17) is 23.2 Å². The molecular weight excluding hydrogens is 203 g/mol. The van der Waals surface area contributed by atoms with Gasteiger partial charge in [0.15, 0.2) is 0 Å². The highest BCUT2D eigenvalue weighted by atomic mass is 35.5. The van der Waals surface area contributed by atoms with Crippen molar-refractivity contribution in [1.29, 1.82) is 0 Å². The van der Waals surface area contributed by atoms with Crippen molar-refractivity contribution < 1.29 is 0 Å². The van der Waals surface area contributed by atoms with Crippen LogP contribution in [-0.4, -0.2) is 5.88 Å². The molecule has 0 atom stereocenters. The molecule has 2 heteroatoms. The van der Waals surface area contributed by atoms with Crippen molar-refractivity contribution in [3.8, 4) is 0 Å². The summed E-state index contributed by atoms with van der Waals surface area (Å²) in [5.41, 5.74) is 2.46. The minimum absolute atomic E-state index is 0.0480. The lowest BCUT2D eigenvalue weighted by Gasteiger charge is -2.21. The van der Waals surface area contributed by atoms with Crippen LogP contribution < -0.4 is 0 Å². The monoisotopic (exact) mass is 216 g/mol. The van der Waals surface area contributed by atoms with Crippen LogP contribution in [0.2, 0.25) is 0 Å². The number of benzene rings is 1. The first kappa shape index (κ1) is 10.9. The summed E-state index contributed by atoms with van der Waals surface area (Å²) in [7, 11) is 0. The van der Waals surface area contributed by atoms with E-state index >= 15 is 0 Å². The van der Waals surface area contributed by atoms with E-state index in [1.807, 2.05) is 0 Å². The van der Waals surface area contributed by atoms with E-state index in [1.54, 1.807) is 0 Å². The quantitative estimate of drug-likeness (QED) is 0.672. The topological polar surface area (TPSA) is 0 Å². The molecule has 0 saturated carbocycles. The van der Waals surface area contributed by atoms with E-state index in [1.165, 1.54) is 5.56 Å². The lowest BCUT2D eigenvalue weighted by atomic mass is 9.86. The van der Waals surface area contributed by atoms with Crippen LogP contribution in [0.1, 0.15) is 25.0 Å². The zero-order valence-electron chi connectivity index (χ0n) is 7.98. The summed E-state index contributed by atoms with van der Waals surface area (Å²) in [5, 5.41) is 0. The summed E-state index contributed by atoms with van der Waals surface area (Å²) >= 11 is 11.6. The lowest BCUT2D eigenvalue weighted by Crippen LogP contribution is -2.18. The van der Waals surface area contributed by atoms with E-state index in [0.29, 0.717) is 11.8 Å². The highest BCUT2D eigenvalue weighted by molar-refractivity contribution is 6.18. The third kappa shape index (κ3) is 2.62. The van der Waals surface area contributed by atoms with E-state index < -0.39 is 0 Å². The summed E-state index contributed by atoms with van der Waals surface area (Å²) in [6, 6.07) is 8.30. The standard InChI is InChI=1S/C11H14Cl2/c1-11(2,8-13)10-5-3-9(7-12)4-6-10/h3-6H,7-8H2,1-2H3. The lowest BCUT2D eigenvalue weighted by molar-refractivity contribution is 0.598. The van der Waals surface area contributed by atoms with Crippen LogP contribution in [0.3, 0.4) is 0 Å². The largest absolute Gasteiger partial charge is 0.126 e. The molecule has 0 amide bonds. The van der Waals surface area contributed by atoms with Gasteiger partial charge in [0.2, 0.25) is 0 Å². The molecule has 0 unspecified atom stereocenters. The van der Waals surface area contributed by atoms with Crippen LogP contribution in [0.25, 0.3) is 0 Å². The Morgan fingerprint density at radius 1 is 1.08 bits per heavy atom. The summed E-state index contributed by atoms with van der Waals surface area (Å²) < 4.78 is 0. The van der Waals surface area contributed by atoms with E-state index in [2.05, 4.69) is 38.1 Å². The van der Waals surface area contributed by atoms with Crippen LogP contribution in [0.15, 0.2) is 24.3 Å². The molecule has 0 saturated heterocycles. The molecular formula is C11H14Cl2. The summed E-state index contributed by atoms with van der Waals surface area (Å²) in [5.74, 6) is 1.20. The van der Waals surface area contributed by atoms with Crippen LogP contribution in [0.5, 0.6) is 0 Å². The summed E-state index contributed by atoms with van der Waals surface area (Å²) in [6.07, 6.45) is 0. The molecule has 0 heterocycles. The fraction of sp³-hybridized carbons (Fsp3) is 0.455. The summed E-state index contributed by atoms with van der Waals surface area (Å²) in [4.78, 5) is 0. The second-order valence-electron chi connectivity index (χ2n) is 3.85. The van der Waals surface area contributed by atoms with Crippen LogP contribution in [0, 0.1) is 0 Å². The number of rotatable bonds is 3. The molecule has 0 aliphatic carbocycles. The van der Waals surface area contributed by atoms with Crippen molar-refractivity contribution in [1.82, 2.24) is 0 Å². The molecule has 0 aliphatic heterocycles. The minimum Gasteiger partial charge on any atom is -0.126 e. The Hall–Kier alpha value is -0.200. The van der Waals surface area contributed by atoms with E-state index in [9.17, 15) is 0 Å². The van der Waals surface area contributed by atoms with Gasteiger partial charge in [-0.2, -0.15) is 0 Å². The van der Waals surface area contributed by atoms with Crippen LogP contribution in [0.4, 0.5) is 0 Å². The zero-order chi connectivity index (χ0) is 9.90. The molecule has 0 bridgehead atoms. The third-order valence-electron chi connectivity index (χ3n) is 2.22. The van der Waals surface area contributed by atoms with Gasteiger partial charge in [0.1, 0.15) is 0 Å². The molecule has 1 aromatic carbocycles. The number of alkyl halides is 2. The van der Waals surface area contributed by atoms with Crippen molar-refractivity contribution in [2.75, 3.05) is 5.88 Å². The maximum atomic E-state index is 5.88. The SMILES string of the molecule is CC(C)(CCl)c1ccc(CCl)cc1. The van der Waals surface area contributed by atoms with Gasteiger partial charge in [-0.25, -0.2) is 0 Å². The molecule has 1 rings (SSSR count). The normalized spacial score (nSPS) is 11.7. The molecule has 0 spiro atoms. The van der Waals surface area contributed by atoms with Gasteiger partial charge in [-0.15, -0.1) is 23.2 Å². The van der Waals surface area contributed by atoms with Crippen molar-refractivity contribution >= 4 is 23.2 Å². The Bertz CT molecular complexity index is 262. The fourth-order valence-corrected chi connectivity index (χ4v) is 1.45. The highest BCUT2D eigenvalue weighted by Crippen LogP contribution is 2.24. The van der Waals surface area contributed by atoms with Gasteiger partial charge in [-0.3, -0.25) is 0 Å². The van der Waals surface area contributed by atoms with Gasteiger partial charge in [-0.05, 0) is 11.1 Å².